The molecule has 0 aromatic heterocycles. The van der Waals surface area contributed by atoms with Crippen LogP contribution in [0.5, 0.6) is 0 Å². The first-order valence-electron chi connectivity index (χ1n) is 10.4. The highest BCUT2D eigenvalue weighted by Gasteiger charge is 2.19. The van der Waals surface area contributed by atoms with Crippen LogP contribution in [-0.4, -0.2) is 50.1 Å². The number of para-hydroxylation sites is 1. The van der Waals surface area contributed by atoms with E-state index in [2.05, 4.69) is 84.4 Å². The second-order valence-electron chi connectivity index (χ2n) is 8.05. The zero-order valence-electron chi connectivity index (χ0n) is 17.4. The van der Waals surface area contributed by atoms with E-state index in [1.807, 2.05) is 0 Å². The van der Waals surface area contributed by atoms with Gasteiger partial charge in [-0.05, 0) is 42.0 Å². The quantitative estimate of drug-likeness (QED) is 0.798. The molecule has 150 valence electrons. The van der Waals surface area contributed by atoms with Crippen LogP contribution in [0.4, 0.5) is 5.69 Å². The van der Waals surface area contributed by atoms with Gasteiger partial charge in [0.1, 0.15) is 0 Å². The van der Waals surface area contributed by atoms with Gasteiger partial charge < -0.3 is 10.2 Å². The fourth-order valence-electron chi connectivity index (χ4n) is 3.74. The molecule has 1 fully saturated rings. The topological polar surface area (TPSA) is 35.6 Å². The minimum atomic E-state index is 0.128. The number of rotatable bonds is 7. The van der Waals surface area contributed by atoms with E-state index in [0.29, 0.717) is 19.0 Å². The molecule has 0 unspecified atom stereocenters. The van der Waals surface area contributed by atoms with Crippen molar-refractivity contribution in [3.05, 3.63) is 65.2 Å². The standard InChI is InChI=1S/C24H33N3O/c1-19(2)22-10-8-21(9-11-22)12-13-25-24(28)18-26-14-16-27(17-15-26)23-7-5-4-6-20(23)3/h4-11,19H,12-18H2,1-3H3,(H,25,28). The fourth-order valence-corrected chi connectivity index (χ4v) is 3.74. The summed E-state index contributed by atoms with van der Waals surface area (Å²) in [5, 5.41) is 3.07. The van der Waals surface area contributed by atoms with E-state index in [4.69, 9.17) is 0 Å². The Morgan fingerprint density at radius 3 is 2.32 bits per heavy atom. The maximum atomic E-state index is 12.3. The predicted molar refractivity (Wildman–Crippen MR) is 117 cm³/mol. The molecule has 0 spiro atoms. The van der Waals surface area contributed by atoms with Crippen LogP contribution in [-0.2, 0) is 11.2 Å². The van der Waals surface area contributed by atoms with E-state index in [9.17, 15) is 4.79 Å². The summed E-state index contributed by atoms with van der Waals surface area (Å²) < 4.78 is 0. The van der Waals surface area contributed by atoms with Crippen molar-refractivity contribution < 1.29 is 4.79 Å². The number of carbonyl (C=O) groups is 1. The zero-order valence-corrected chi connectivity index (χ0v) is 17.4. The number of benzene rings is 2. The molecule has 0 atom stereocenters. The van der Waals surface area contributed by atoms with Gasteiger partial charge in [0.15, 0.2) is 0 Å². The minimum Gasteiger partial charge on any atom is -0.369 e. The molecule has 2 aromatic carbocycles. The molecule has 0 bridgehead atoms. The number of hydrogen-bond acceptors (Lipinski definition) is 3. The number of amides is 1. The number of hydrogen-bond donors (Lipinski definition) is 1. The number of piperazine rings is 1. The monoisotopic (exact) mass is 379 g/mol. The van der Waals surface area contributed by atoms with E-state index in [1.165, 1.54) is 22.4 Å². The second kappa shape index (κ2) is 9.74. The van der Waals surface area contributed by atoms with Crippen LogP contribution in [0.1, 0.15) is 36.5 Å². The first kappa shape index (κ1) is 20.4. The van der Waals surface area contributed by atoms with Gasteiger partial charge in [-0.2, -0.15) is 0 Å². The summed E-state index contributed by atoms with van der Waals surface area (Å²) in [6.07, 6.45) is 0.880. The van der Waals surface area contributed by atoms with E-state index in [-0.39, 0.29) is 5.91 Å². The third-order valence-electron chi connectivity index (χ3n) is 5.58. The SMILES string of the molecule is Cc1ccccc1N1CCN(CC(=O)NCCc2ccc(C(C)C)cc2)CC1. The van der Waals surface area contributed by atoms with Gasteiger partial charge in [0.25, 0.3) is 0 Å². The molecule has 1 saturated heterocycles. The third-order valence-corrected chi connectivity index (χ3v) is 5.58. The lowest BCUT2D eigenvalue weighted by Crippen LogP contribution is -2.49. The van der Waals surface area contributed by atoms with Crippen LogP contribution >= 0.6 is 0 Å². The molecule has 4 heteroatoms. The Kier molecular flexibility index (Phi) is 7.10. The first-order chi connectivity index (χ1) is 13.5. The van der Waals surface area contributed by atoms with Crippen LogP contribution in [0.2, 0.25) is 0 Å². The van der Waals surface area contributed by atoms with Crippen LogP contribution in [0, 0.1) is 6.92 Å². The highest BCUT2D eigenvalue weighted by Crippen LogP contribution is 2.20. The number of aryl methyl sites for hydroxylation is 1. The van der Waals surface area contributed by atoms with E-state index in [0.717, 1.165) is 32.6 Å². The lowest BCUT2D eigenvalue weighted by molar-refractivity contribution is -0.122. The highest BCUT2D eigenvalue weighted by molar-refractivity contribution is 5.78. The molecular weight excluding hydrogens is 346 g/mol. The largest absolute Gasteiger partial charge is 0.369 e. The number of anilines is 1. The number of nitrogens with zero attached hydrogens (tertiary/aromatic N) is 2. The molecule has 1 amide bonds. The Bertz CT molecular complexity index is 762. The molecule has 0 radical (unpaired) electrons. The average Bonchev–Trinajstić information content (AvgIpc) is 2.69. The van der Waals surface area contributed by atoms with Gasteiger partial charge in [0.05, 0.1) is 6.54 Å². The Balaban J connectivity index is 1.37. The van der Waals surface area contributed by atoms with Crippen LogP contribution in [0.15, 0.2) is 48.5 Å². The van der Waals surface area contributed by atoms with Crippen molar-refractivity contribution in [2.75, 3.05) is 44.2 Å². The lowest BCUT2D eigenvalue weighted by atomic mass is 10.0. The molecule has 0 saturated carbocycles. The highest BCUT2D eigenvalue weighted by atomic mass is 16.2. The second-order valence-corrected chi connectivity index (χ2v) is 8.05. The van der Waals surface area contributed by atoms with E-state index >= 15 is 0 Å². The molecule has 28 heavy (non-hydrogen) atoms. The molecule has 1 aliphatic rings. The Hall–Kier alpha value is -2.33. The minimum absolute atomic E-state index is 0.128. The fraction of sp³-hybridized carbons (Fsp3) is 0.458. The first-order valence-corrected chi connectivity index (χ1v) is 10.4. The van der Waals surface area contributed by atoms with Crippen molar-refractivity contribution in [3.63, 3.8) is 0 Å². The average molecular weight is 380 g/mol. The van der Waals surface area contributed by atoms with Crippen molar-refractivity contribution in [1.82, 2.24) is 10.2 Å². The maximum absolute atomic E-state index is 12.3. The maximum Gasteiger partial charge on any atom is 0.234 e. The summed E-state index contributed by atoms with van der Waals surface area (Å²) >= 11 is 0. The lowest BCUT2D eigenvalue weighted by Gasteiger charge is -2.36. The van der Waals surface area contributed by atoms with Crippen molar-refractivity contribution in [1.29, 1.82) is 0 Å². The molecule has 1 N–H and O–H groups in total. The van der Waals surface area contributed by atoms with Crippen LogP contribution < -0.4 is 10.2 Å². The summed E-state index contributed by atoms with van der Waals surface area (Å²) in [7, 11) is 0. The Labute approximate surface area is 169 Å². The van der Waals surface area contributed by atoms with Crippen molar-refractivity contribution >= 4 is 11.6 Å². The van der Waals surface area contributed by atoms with Crippen LogP contribution in [0.25, 0.3) is 0 Å². The normalized spacial score (nSPS) is 15.1. The molecule has 3 rings (SSSR count). The van der Waals surface area contributed by atoms with Gasteiger partial charge in [0, 0.05) is 38.4 Å². The summed E-state index contributed by atoms with van der Waals surface area (Å²) in [6.45, 7) is 11.6. The summed E-state index contributed by atoms with van der Waals surface area (Å²) in [6, 6.07) is 17.2. The van der Waals surface area contributed by atoms with Gasteiger partial charge >= 0.3 is 0 Å². The Morgan fingerprint density at radius 2 is 1.68 bits per heavy atom. The summed E-state index contributed by atoms with van der Waals surface area (Å²) in [4.78, 5) is 17.0. The van der Waals surface area contributed by atoms with Gasteiger partial charge in [0.2, 0.25) is 5.91 Å². The molecule has 2 aromatic rings. The van der Waals surface area contributed by atoms with Gasteiger partial charge in [-0.25, -0.2) is 0 Å². The van der Waals surface area contributed by atoms with E-state index < -0.39 is 0 Å². The van der Waals surface area contributed by atoms with Crippen LogP contribution in [0.3, 0.4) is 0 Å². The molecule has 1 heterocycles. The smallest absolute Gasteiger partial charge is 0.234 e. The summed E-state index contributed by atoms with van der Waals surface area (Å²) in [5.41, 5.74) is 5.26. The Morgan fingerprint density at radius 1 is 1.00 bits per heavy atom. The number of carbonyl (C=O) groups excluding carboxylic acids is 1. The zero-order chi connectivity index (χ0) is 19.9. The number of nitrogens with one attached hydrogen (secondary N) is 1. The van der Waals surface area contributed by atoms with Crippen molar-refractivity contribution in [2.45, 2.75) is 33.1 Å². The van der Waals surface area contributed by atoms with E-state index in [1.54, 1.807) is 0 Å². The molecule has 0 aliphatic carbocycles. The third kappa shape index (κ3) is 5.59. The van der Waals surface area contributed by atoms with Gasteiger partial charge in [-0.1, -0.05) is 56.3 Å². The molecule has 1 aliphatic heterocycles. The molecular formula is C24H33N3O. The molecule has 4 nitrogen and oxygen atoms in total. The van der Waals surface area contributed by atoms with Crippen molar-refractivity contribution in [3.8, 4) is 0 Å². The predicted octanol–water partition coefficient (Wildman–Crippen LogP) is 3.60. The summed E-state index contributed by atoms with van der Waals surface area (Å²) in [5.74, 6) is 0.683. The van der Waals surface area contributed by atoms with Gasteiger partial charge in [-0.15, -0.1) is 0 Å². The van der Waals surface area contributed by atoms with Crippen molar-refractivity contribution in [2.24, 2.45) is 0 Å². The van der Waals surface area contributed by atoms with Gasteiger partial charge in [-0.3, -0.25) is 9.69 Å².